The number of hydrogen-bond acceptors (Lipinski definition) is 3. The van der Waals surface area contributed by atoms with Crippen molar-refractivity contribution in [1.29, 1.82) is 0 Å². The molecule has 102 valence electrons. The van der Waals surface area contributed by atoms with Crippen molar-refractivity contribution in [3.05, 3.63) is 30.1 Å². The summed E-state index contributed by atoms with van der Waals surface area (Å²) in [6.07, 6.45) is 5.05. The van der Waals surface area contributed by atoms with E-state index in [0.29, 0.717) is 6.04 Å². The Morgan fingerprint density at radius 1 is 1.39 bits per heavy atom. The molecule has 1 atom stereocenters. The van der Waals surface area contributed by atoms with Crippen molar-refractivity contribution < 1.29 is 4.74 Å². The Labute approximate surface area is 111 Å². The summed E-state index contributed by atoms with van der Waals surface area (Å²) < 4.78 is 5.48. The van der Waals surface area contributed by atoms with Crippen LogP contribution in [0.25, 0.3) is 0 Å². The highest BCUT2D eigenvalue weighted by molar-refractivity contribution is 5.08. The number of nitrogens with zero attached hydrogens (tertiary/aromatic N) is 1. The van der Waals surface area contributed by atoms with E-state index in [0.717, 1.165) is 31.5 Å². The largest absolute Gasteiger partial charge is 0.379 e. The first-order valence-electron chi connectivity index (χ1n) is 6.78. The summed E-state index contributed by atoms with van der Waals surface area (Å²) in [6.45, 7) is 7.46. The van der Waals surface area contributed by atoms with E-state index >= 15 is 0 Å². The first-order chi connectivity index (χ1) is 8.59. The zero-order valence-corrected chi connectivity index (χ0v) is 12.1. The van der Waals surface area contributed by atoms with Crippen LogP contribution in [0.15, 0.2) is 24.4 Å². The fourth-order valence-corrected chi connectivity index (χ4v) is 1.85. The van der Waals surface area contributed by atoms with E-state index in [1.807, 2.05) is 18.3 Å². The van der Waals surface area contributed by atoms with Crippen LogP contribution in [0.3, 0.4) is 0 Å². The van der Waals surface area contributed by atoms with Crippen LogP contribution < -0.4 is 5.32 Å². The number of methoxy groups -OCH3 is 1. The van der Waals surface area contributed by atoms with E-state index in [9.17, 15) is 0 Å². The predicted molar refractivity (Wildman–Crippen MR) is 75.6 cm³/mol. The molecule has 0 aliphatic carbocycles. The van der Waals surface area contributed by atoms with Gasteiger partial charge >= 0.3 is 0 Å². The van der Waals surface area contributed by atoms with Crippen LogP contribution in [0.4, 0.5) is 0 Å². The lowest BCUT2D eigenvalue weighted by Gasteiger charge is -2.26. The van der Waals surface area contributed by atoms with Crippen LogP contribution in [-0.2, 0) is 4.74 Å². The van der Waals surface area contributed by atoms with Gasteiger partial charge in [-0.2, -0.15) is 0 Å². The topological polar surface area (TPSA) is 34.1 Å². The Kier molecular flexibility index (Phi) is 6.30. The van der Waals surface area contributed by atoms with Gasteiger partial charge < -0.3 is 10.1 Å². The third-order valence-corrected chi connectivity index (χ3v) is 3.27. The van der Waals surface area contributed by atoms with Crippen LogP contribution in [-0.4, -0.2) is 24.2 Å². The second-order valence-electron chi connectivity index (χ2n) is 5.26. The van der Waals surface area contributed by atoms with E-state index in [1.54, 1.807) is 7.11 Å². The number of rotatable bonds is 8. The first kappa shape index (κ1) is 15.1. The molecular weight excluding hydrogens is 224 g/mol. The minimum absolute atomic E-state index is 0.0685. The fourth-order valence-electron chi connectivity index (χ4n) is 1.85. The van der Waals surface area contributed by atoms with Gasteiger partial charge in [-0.3, -0.25) is 4.98 Å². The van der Waals surface area contributed by atoms with E-state index < -0.39 is 0 Å². The minimum Gasteiger partial charge on any atom is -0.379 e. The summed E-state index contributed by atoms with van der Waals surface area (Å²) >= 11 is 0. The Hall–Kier alpha value is -0.930. The van der Waals surface area contributed by atoms with Crippen molar-refractivity contribution in [3.8, 4) is 0 Å². The molecule has 1 aromatic rings. The molecule has 1 unspecified atom stereocenters. The van der Waals surface area contributed by atoms with E-state index in [1.165, 1.54) is 0 Å². The van der Waals surface area contributed by atoms with Gasteiger partial charge in [0.2, 0.25) is 0 Å². The quantitative estimate of drug-likeness (QED) is 0.768. The van der Waals surface area contributed by atoms with Crippen LogP contribution in [0.2, 0.25) is 0 Å². The van der Waals surface area contributed by atoms with Gasteiger partial charge in [0.1, 0.15) is 0 Å². The fraction of sp³-hybridized carbons (Fsp3) is 0.667. The number of aromatic nitrogens is 1. The number of pyridine rings is 1. The Balaban J connectivity index is 2.62. The van der Waals surface area contributed by atoms with Gasteiger partial charge in [-0.15, -0.1) is 0 Å². The molecule has 0 amide bonds. The summed E-state index contributed by atoms with van der Waals surface area (Å²) in [5.74, 6) is 0. The average Bonchev–Trinajstić information content (AvgIpc) is 2.40. The zero-order valence-electron chi connectivity index (χ0n) is 12.1. The molecule has 0 aromatic carbocycles. The minimum atomic E-state index is -0.0685. The van der Waals surface area contributed by atoms with Crippen molar-refractivity contribution >= 4 is 0 Å². The molecule has 0 radical (unpaired) electrons. The first-order valence-corrected chi connectivity index (χ1v) is 6.78. The van der Waals surface area contributed by atoms with Crippen molar-refractivity contribution in [3.63, 3.8) is 0 Å². The summed E-state index contributed by atoms with van der Waals surface area (Å²) in [5, 5.41) is 3.56. The molecule has 1 rings (SSSR count). The maximum absolute atomic E-state index is 5.48. The van der Waals surface area contributed by atoms with Gasteiger partial charge in [0, 0.05) is 19.3 Å². The molecular formula is C15H26N2O. The molecule has 18 heavy (non-hydrogen) atoms. The van der Waals surface area contributed by atoms with Crippen molar-refractivity contribution in [2.45, 2.75) is 51.7 Å². The molecule has 0 spiro atoms. The molecule has 0 saturated carbocycles. The Morgan fingerprint density at radius 2 is 2.17 bits per heavy atom. The normalized spacial score (nSPS) is 13.6. The van der Waals surface area contributed by atoms with Gasteiger partial charge in [0.05, 0.1) is 11.3 Å². The van der Waals surface area contributed by atoms with E-state index in [2.05, 4.69) is 37.1 Å². The summed E-state index contributed by atoms with van der Waals surface area (Å²) in [7, 11) is 1.77. The molecule has 3 heteroatoms. The number of hydrogen-bond donors (Lipinski definition) is 1. The summed E-state index contributed by atoms with van der Waals surface area (Å²) in [4.78, 5) is 4.46. The van der Waals surface area contributed by atoms with Gasteiger partial charge in [0.15, 0.2) is 0 Å². The highest BCUT2D eigenvalue weighted by Gasteiger charge is 2.20. The monoisotopic (exact) mass is 250 g/mol. The second kappa shape index (κ2) is 7.49. The molecule has 0 aliphatic rings. The highest BCUT2D eigenvalue weighted by atomic mass is 16.5. The zero-order chi connectivity index (χ0) is 13.4. The Bertz CT molecular complexity index is 325. The second-order valence-corrected chi connectivity index (χ2v) is 5.26. The van der Waals surface area contributed by atoms with Crippen LogP contribution in [0.1, 0.15) is 51.8 Å². The molecule has 0 aliphatic heterocycles. The summed E-state index contributed by atoms with van der Waals surface area (Å²) in [6, 6.07) is 6.41. The Morgan fingerprint density at radius 3 is 2.72 bits per heavy atom. The lowest BCUT2D eigenvalue weighted by Crippen LogP contribution is -2.28. The molecule has 0 fully saturated rings. The van der Waals surface area contributed by atoms with Gasteiger partial charge in [0.25, 0.3) is 0 Å². The van der Waals surface area contributed by atoms with E-state index in [4.69, 9.17) is 4.74 Å². The van der Waals surface area contributed by atoms with Gasteiger partial charge in [-0.1, -0.05) is 13.0 Å². The lowest BCUT2D eigenvalue weighted by atomic mass is 9.97. The molecule has 0 saturated heterocycles. The number of ether oxygens (including phenoxy) is 1. The SMILES string of the molecule is CCCNC(CCC(C)(C)OC)c1ccccn1. The van der Waals surface area contributed by atoms with Gasteiger partial charge in [-0.05, 0) is 51.8 Å². The smallest absolute Gasteiger partial charge is 0.0623 e. The van der Waals surface area contributed by atoms with Crippen molar-refractivity contribution in [2.75, 3.05) is 13.7 Å². The van der Waals surface area contributed by atoms with Crippen LogP contribution in [0.5, 0.6) is 0 Å². The maximum Gasteiger partial charge on any atom is 0.0623 e. The summed E-state index contributed by atoms with van der Waals surface area (Å²) in [5.41, 5.74) is 1.05. The van der Waals surface area contributed by atoms with Crippen LogP contribution in [0, 0.1) is 0 Å². The van der Waals surface area contributed by atoms with Crippen molar-refractivity contribution in [2.24, 2.45) is 0 Å². The molecule has 1 heterocycles. The van der Waals surface area contributed by atoms with Gasteiger partial charge in [-0.25, -0.2) is 0 Å². The maximum atomic E-state index is 5.48. The van der Waals surface area contributed by atoms with E-state index in [-0.39, 0.29) is 5.60 Å². The third kappa shape index (κ3) is 5.15. The average molecular weight is 250 g/mol. The molecule has 0 bridgehead atoms. The highest BCUT2D eigenvalue weighted by Crippen LogP contribution is 2.23. The standard InChI is InChI=1S/C15H26N2O/c1-5-11-16-14(9-10-15(2,3)18-4)13-8-6-7-12-17-13/h6-8,12,14,16H,5,9-11H2,1-4H3. The molecule has 3 nitrogen and oxygen atoms in total. The predicted octanol–water partition coefficient (Wildman–Crippen LogP) is 3.33. The number of nitrogens with one attached hydrogen (secondary N) is 1. The third-order valence-electron chi connectivity index (χ3n) is 3.27. The molecule has 1 N–H and O–H groups in total. The van der Waals surface area contributed by atoms with Crippen LogP contribution >= 0.6 is 0 Å². The van der Waals surface area contributed by atoms with Crippen molar-refractivity contribution in [1.82, 2.24) is 10.3 Å². The molecule has 1 aromatic heterocycles. The lowest BCUT2D eigenvalue weighted by molar-refractivity contribution is 0.0116.